The summed E-state index contributed by atoms with van der Waals surface area (Å²) in [7, 11) is 0. The van der Waals surface area contributed by atoms with Crippen molar-refractivity contribution in [1.29, 1.82) is 0 Å². The third-order valence-electron chi connectivity index (χ3n) is 2.04. The van der Waals surface area contributed by atoms with Crippen molar-refractivity contribution in [3.8, 4) is 0 Å². The molecule has 1 heterocycles. The van der Waals surface area contributed by atoms with Crippen LogP contribution in [0.3, 0.4) is 0 Å². The Morgan fingerprint density at radius 2 is 2.27 bits per heavy atom. The van der Waals surface area contributed by atoms with Gasteiger partial charge in [-0.15, -0.1) is 0 Å². The molecule has 1 rings (SSSR count). The number of aliphatic hydroxyl groups excluding tert-OH is 1. The summed E-state index contributed by atoms with van der Waals surface area (Å²) in [6.07, 6.45) is 5.27. The van der Waals surface area contributed by atoms with Crippen molar-refractivity contribution in [1.82, 2.24) is 0 Å². The number of epoxide rings is 1. The van der Waals surface area contributed by atoms with Crippen molar-refractivity contribution in [2.75, 3.05) is 6.61 Å². The van der Waals surface area contributed by atoms with Gasteiger partial charge in [-0.1, -0.05) is 19.1 Å². The van der Waals surface area contributed by atoms with E-state index in [0.29, 0.717) is 12.0 Å². The van der Waals surface area contributed by atoms with E-state index in [1.165, 1.54) is 0 Å². The Morgan fingerprint density at radius 1 is 1.64 bits per heavy atom. The fourth-order valence-corrected chi connectivity index (χ4v) is 0.809. The molecule has 2 heteroatoms. The monoisotopic (exact) mass is 156 g/mol. The van der Waals surface area contributed by atoms with Gasteiger partial charge in [0.1, 0.15) is 0 Å². The van der Waals surface area contributed by atoms with Crippen LogP contribution in [0.2, 0.25) is 0 Å². The minimum Gasteiger partial charge on any atom is -0.393 e. The average Bonchev–Trinajstić information content (AvgIpc) is 2.71. The molecule has 0 saturated carbocycles. The Morgan fingerprint density at radius 3 is 2.73 bits per heavy atom. The Hall–Kier alpha value is -0.340. The summed E-state index contributed by atoms with van der Waals surface area (Å²) in [6.45, 7) is 4.74. The number of allylic oxidation sites excluding steroid dienone is 1. The van der Waals surface area contributed by atoms with Gasteiger partial charge < -0.3 is 9.84 Å². The molecule has 1 N–H and O–H groups in total. The van der Waals surface area contributed by atoms with Crippen molar-refractivity contribution >= 4 is 0 Å². The van der Waals surface area contributed by atoms with E-state index in [9.17, 15) is 0 Å². The van der Waals surface area contributed by atoms with Crippen LogP contribution in [0.1, 0.15) is 20.3 Å². The highest BCUT2D eigenvalue weighted by atomic mass is 16.6. The maximum atomic E-state index is 9.14. The summed E-state index contributed by atoms with van der Waals surface area (Å²) < 4.78 is 5.00. The molecule has 0 bridgehead atoms. The molecule has 1 aliphatic rings. The summed E-state index contributed by atoms with van der Waals surface area (Å²) in [6, 6.07) is 0. The third-order valence-corrected chi connectivity index (χ3v) is 2.04. The number of rotatable bonds is 4. The van der Waals surface area contributed by atoms with Gasteiger partial charge in [-0.3, -0.25) is 0 Å². The van der Waals surface area contributed by atoms with E-state index in [1.807, 2.05) is 13.8 Å². The Balaban J connectivity index is 2.09. The molecule has 0 spiro atoms. The second kappa shape index (κ2) is 3.88. The highest BCUT2D eigenvalue weighted by Gasteiger charge is 2.17. The van der Waals surface area contributed by atoms with Gasteiger partial charge in [0.25, 0.3) is 0 Å². The lowest BCUT2D eigenvalue weighted by atomic mass is 10.0. The summed E-state index contributed by atoms with van der Waals surface area (Å²) in [5.74, 6) is 0.352. The zero-order chi connectivity index (χ0) is 8.27. The van der Waals surface area contributed by atoms with Crippen LogP contribution >= 0.6 is 0 Å². The molecule has 0 radical (unpaired) electrons. The van der Waals surface area contributed by atoms with Crippen LogP contribution < -0.4 is 0 Å². The van der Waals surface area contributed by atoms with Crippen LogP contribution in [0.5, 0.6) is 0 Å². The van der Waals surface area contributed by atoms with E-state index >= 15 is 0 Å². The molecule has 0 aromatic carbocycles. The number of ether oxygens (including phenoxy) is 1. The van der Waals surface area contributed by atoms with Crippen LogP contribution in [0.15, 0.2) is 12.2 Å². The van der Waals surface area contributed by atoms with Crippen molar-refractivity contribution in [3.63, 3.8) is 0 Å². The smallest absolute Gasteiger partial charge is 0.0991 e. The predicted octanol–water partition coefficient (Wildman–Crippen LogP) is 1.35. The molecule has 0 aromatic rings. The lowest BCUT2D eigenvalue weighted by Crippen LogP contribution is -2.11. The highest BCUT2D eigenvalue weighted by molar-refractivity contribution is 4.96. The van der Waals surface area contributed by atoms with Crippen LogP contribution in [0.25, 0.3) is 0 Å². The Labute approximate surface area is 67.9 Å². The van der Waals surface area contributed by atoms with E-state index in [2.05, 4.69) is 12.2 Å². The van der Waals surface area contributed by atoms with Gasteiger partial charge in [0.05, 0.1) is 18.8 Å². The Bertz CT molecular complexity index is 136. The molecular weight excluding hydrogens is 140 g/mol. The van der Waals surface area contributed by atoms with E-state index in [4.69, 9.17) is 9.84 Å². The highest BCUT2D eigenvalue weighted by Crippen LogP contribution is 2.13. The second-order valence-electron chi connectivity index (χ2n) is 3.25. The third kappa shape index (κ3) is 3.54. The average molecular weight is 156 g/mol. The fraction of sp³-hybridized carbons (Fsp3) is 0.778. The lowest BCUT2D eigenvalue weighted by Gasteiger charge is -2.10. The summed E-state index contributed by atoms with van der Waals surface area (Å²) >= 11 is 0. The molecular formula is C9H16O2. The SMILES string of the molecule is CC(C/C=C/C1CO1)[C@H](C)O. The first-order chi connectivity index (χ1) is 5.20. The maximum Gasteiger partial charge on any atom is 0.0991 e. The topological polar surface area (TPSA) is 32.8 Å². The van der Waals surface area contributed by atoms with E-state index in [1.54, 1.807) is 0 Å². The Kier molecular flexibility index (Phi) is 3.09. The van der Waals surface area contributed by atoms with E-state index in [0.717, 1.165) is 13.0 Å². The van der Waals surface area contributed by atoms with Gasteiger partial charge in [-0.05, 0) is 19.3 Å². The minimum absolute atomic E-state index is 0.209. The minimum atomic E-state index is -0.209. The van der Waals surface area contributed by atoms with Gasteiger partial charge in [-0.25, -0.2) is 0 Å². The van der Waals surface area contributed by atoms with Crippen LogP contribution in [0, 0.1) is 5.92 Å². The largest absolute Gasteiger partial charge is 0.393 e. The van der Waals surface area contributed by atoms with E-state index in [-0.39, 0.29) is 6.10 Å². The van der Waals surface area contributed by atoms with Gasteiger partial charge in [0.15, 0.2) is 0 Å². The number of hydrogen-bond acceptors (Lipinski definition) is 2. The van der Waals surface area contributed by atoms with Crippen molar-refractivity contribution in [2.45, 2.75) is 32.5 Å². The molecule has 0 amide bonds. The van der Waals surface area contributed by atoms with Crippen LogP contribution in [-0.2, 0) is 4.74 Å². The maximum absolute atomic E-state index is 9.14. The standard InChI is InChI=1S/C9H16O2/c1-7(8(2)10)4-3-5-9-6-11-9/h3,5,7-10H,4,6H2,1-2H3/b5-3+/t7?,8-,9?/m0/s1. The molecule has 2 nitrogen and oxygen atoms in total. The molecule has 2 unspecified atom stereocenters. The van der Waals surface area contributed by atoms with Crippen molar-refractivity contribution in [3.05, 3.63) is 12.2 Å². The molecule has 11 heavy (non-hydrogen) atoms. The predicted molar refractivity (Wildman–Crippen MR) is 44.3 cm³/mol. The van der Waals surface area contributed by atoms with Gasteiger partial charge in [0, 0.05) is 0 Å². The molecule has 64 valence electrons. The van der Waals surface area contributed by atoms with Crippen LogP contribution in [0.4, 0.5) is 0 Å². The second-order valence-corrected chi connectivity index (χ2v) is 3.25. The van der Waals surface area contributed by atoms with Gasteiger partial charge in [0.2, 0.25) is 0 Å². The van der Waals surface area contributed by atoms with Gasteiger partial charge >= 0.3 is 0 Å². The zero-order valence-corrected chi connectivity index (χ0v) is 7.16. The molecule has 3 atom stereocenters. The molecule has 0 aliphatic carbocycles. The fourth-order valence-electron chi connectivity index (χ4n) is 0.809. The first-order valence-corrected chi connectivity index (χ1v) is 4.16. The normalized spacial score (nSPS) is 28.8. The molecule has 0 aromatic heterocycles. The summed E-state index contributed by atoms with van der Waals surface area (Å²) in [5, 5.41) is 9.14. The summed E-state index contributed by atoms with van der Waals surface area (Å²) in [4.78, 5) is 0. The van der Waals surface area contributed by atoms with Gasteiger partial charge in [-0.2, -0.15) is 0 Å². The van der Waals surface area contributed by atoms with E-state index < -0.39 is 0 Å². The van der Waals surface area contributed by atoms with Crippen LogP contribution in [-0.4, -0.2) is 23.9 Å². The lowest BCUT2D eigenvalue weighted by molar-refractivity contribution is 0.136. The first kappa shape index (κ1) is 8.75. The number of aliphatic hydroxyl groups is 1. The first-order valence-electron chi connectivity index (χ1n) is 4.16. The van der Waals surface area contributed by atoms with Crippen molar-refractivity contribution < 1.29 is 9.84 Å². The number of hydrogen-bond donors (Lipinski definition) is 1. The van der Waals surface area contributed by atoms with Crippen molar-refractivity contribution in [2.24, 2.45) is 5.92 Å². The molecule has 1 aliphatic heterocycles. The zero-order valence-electron chi connectivity index (χ0n) is 7.16. The summed E-state index contributed by atoms with van der Waals surface area (Å²) in [5.41, 5.74) is 0. The molecule has 1 fully saturated rings. The molecule has 1 saturated heterocycles. The quantitative estimate of drug-likeness (QED) is 0.492.